The monoisotopic (exact) mass is 347 g/mol. The number of hydroxylamine groups is 2. The third-order valence-corrected chi connectivity index (χ3v) is 4.97. The number of halogens is 1. The Hall–Kier alpha value is -1.83. The predicted molar refractivity (Wildman–Crippen MR) is 87.4 cm³/mol. The third-order valence-electron chi connectivity index (χ3n) is 4.97. The van der Waals surface area contributed by atoms with Crippen molar-refractivity contribution in [1.29, 1.82) is 0 Å². The van der Waals surface area contributed by atoms with Crippen LogP contribution in [0.1, 0.15) is 36.5 Å². The Morgan fingerprint density at radius 1 is 1.16 bits per heavy atom. The van der Waals surface area contributed by atoms with Gasteiger partial charge in [0.15, 0.2) is 5.82 Å². The van der Waals surface area contributed by atoms with Gasteiger partial charge in [-0.25, -0.2) is 4.39 Å². The first kappa shape index (κ1) is 16.6. The summed E-state index contributed by atoms with van der Waals surface area (Å²) in [7, 11) is 0. The summed E-state index contributed by atoms with van der Waals surface area (Å²) >= 11 is 0. The van der Waals surface area contributed by atoms with Crippen LogP contribution in [0, 0.1) is 5.82 Å². The minimum Gasteiger partial charge on any atom is -0.380 e. The molecular weight excluding hydrogens is 325 g/mol. The summed E-state index contributed by atoms with van der Waals surface area (Å²) in [6.07, 6.45) is 3.67. The van der Waals surface area contributed by atoms with Crippen LogP contribution in [-0.2, 0) is 21.4 Å². The van der Waals surface area contributed by atoms with Gasteiger partial charge in [-0.2, -0.15) is 10.0 Å². The first-order valence-electron chi connectivity index (χ1n) is 8.81. The molecule has 0 N–H and O–H groups in total. The van der Waals surface area contributed by atoms with Gasteiger partial charge in [-0.05, 0) is 37.0 Å². The number of rotatable bonds is 5. The molecule has 2 aliphatic rings. The first-order chi connectivity index (χ1) is 12.3. The largest absolute Gasteiger partial charge is 0.380 e. The molecule has 0 amide bonds. The highest BCUT2D eigenvalue weighted by Crippen LogP contribution is 2.38. The van der Waals surface area contributed by atoms with Crippen LogP contribution in [0.2, 0.25) is 0 Å². The van der Waals surface area contributed by atoms with Gasteiger partial charge in [0.1, 0.15) is 5.82 Å². The molecule has 2 fully saturated rings. The standard InChI is InChI=1S/C18H22FN3O3/c19-15-5-3-14(4-6-15)18(8-12-23-13-18)17-20-16(25-21-17)7-10-22-9-1-2-11-24-22/h3-6H,1-2,7-13H2/t18-/m1/s1. The number of hydrogen-bond acceptors (Lipinski definition) is 6. The molecule has 2 aromatic rings. The Bertz CT molecular complexity index is 692. The molecule has 2 aliphatic heterocycles. The van der Waals surface area contributed by atoms with Crippen molar-refractivity contribution in [1.82, 2.24) is 15.2 Å². The molecule has 1 aromatic carbocycles. The van der Waals surface area contributed by atoms with E-state index in [1.54, 1.807) is 12.1 Å². The van der Waals surface area contributed by atoms with Gasteiger partial charge in [0.05, 0.1) is 18.6 Å². The molecule has 1 aromatic heterocycles. The molecule has 0 spiro atoms. The van der Waals surface area contributed by atoms with Crippen LogP contribution in [0.25, 0.3) is 0 Å². The van der Waals surface area contributed by atoms with Crippen molar-refractivity contribution >= 4 is 0 Å². The van der Waals surface area contributed by atoms with Gasteiger partial charge < -0.3 is 9.26 Å². The fraction of sp³-hybridized carbons (Fsp3) is 0.556. The average Bonchev–Trinajstić information content (AvgIpc) is 3.32. The van der Waals surface area contributed by atoms with Crippen molar-refractivity contribution in [2.75, 3.05) is 32.9 Å². The summed E-state index contributed by atoms with van der Waals surface area (Å²) in [6.45, 7) is 3.56. The van der Waals surface area contributed by atoms with Crippen LogP contribution in [-0.4, -0.2) is 48.1 Å². The Morgan fingerprint density at radius 3 is 2.76 bits per heavy atom. The lowest BCUT2D eigenvalue weighted by molar-refractivity contribution is -0.180. The van der Waals surface area contributed by atoms with Gasteiger partial charge in [-0.15, -0.1) is 0 Å². The van der Waals surface area contributed by atoms with E-state index in [9.17, 15) is 4.39 Å². The second kappa shape index (κ2) is 7.19. The van der Waals surface area contributed by atoms with Crippen molar-refractivity contribution < 1.29 is 18.5 Å². The summed E-state index contributed by atoms with van der Waals surface area (Å²) in [4.78, 5) is 10.2. The quantitative estimate of drug-likeness (QED) is 0.828. The van der Waals surface area contributed by atoms with Gasteiger partial charge in [0, 0.05) is 26.1 Å². The average molecular weight is 347 g/mol. The van der Waals surface area contributed by atoms with E-state index in [1.807, 2.05) is 5.06 Å². The minimum absolute atomic E-state index is 0.256. The summed E-state index contributed by atoms with van der Waals surface area (Å²) in [5.74, 6) is 0.955. The summed E-state index contributed by atoms with van der Waals surface area (Å²) in [5, 5.41) is 6.17. The predicted octanol–water partition coefficient (Wildman–Crippen LogP) is 2.49. The van der Waals surface area contributed by atoms with Crippen LogP contribution in [0.5, 0.6) is 0 Å². The molecule has 4 rings (SSSR count). The molecule has 0 saturated carbocycles. The highest BCUT2D eigenvalue weighted by Gasteiger charge is 2.42. The molecule has 0 bridgehead atoms. The van der Waals surface area contributed by atoms with E-state index in [-0.39, 0.29) is 5.82 Å². The Kier molecular flexibility index (Phi) is 4.78. The molecule has 3 heterocycles. The molecule has 1 atom stereocenters. The van der Waals surface area contributed by atoms with E-state index in [0.717, 1.165) is 44.5 Å². The van der Waals surface area contributed by atoms with Gasteiger partial charge >= 0.3 is 0 Å². The normalized spacial score (nSPS) is 24.7. The molecule has 2 saturated heterocycles. The fourth-order valence-electron chi connectivity index (χ4n) is 3.46. The SMILES string of the molecule is Fc1ccc([C@@]2(c3noc(CCN4CCCCO4)n3)CCOC2)cc1. The Labute approximate surface area is 145 Å². The molecule has 6 nitrogen and oxygen atoms in total. The maximum absolute atomic E-state index is 13.3. The van der Waals surface area contributed by atoms with Gasteiger partial charge in [-0.1, -0.05) is 17.3 Å². The Morgan fingerprint density at radius 2 is 2.04 bits per heavy atom. The molecule has 7 heteroatoms. The van der Waals surface area contributed by atoms with E-state index in [2.05, 4.69) is 10.1 Å². The number of hydrogen-bond donors (Lipinski definition) is 0. The van der Waals surface area contributed by atoms with E-state index >= 15 is 0 Å². The Balaban J connectivity index is 1.51. The first-order valence-corrected chi connectivity index (χ1v) is 8.81. The van der Waals surface area contributed by atoms with E-state index < -0.39 is 5.41 Å². The molecule has 0 radical (unpaired) electrons. The molecule has 25 heavy (non-hydrogen) atoms. The minimum atomic E-state index is -0.461. The second-order valence-electron chi connectivity index (χ2n) is 6.62. The topological polar surface area (TPSA) is 60.6 Å². The second-order valence-corrected chi connectivity index (χ2v) is 6.62. The lowest BCUT2D eigenvalue weighted by Crippen LogP contribution is -2.32. The van der Waals surface area contributed by atoms with Crippen molar-refractivity contribution in [3.05, 3.63) is 47.4 Å². The van der Waals surface area contributed by atoms with Crippen LogP contribution in [0.4, 0.5) is 4.39 Å². The third kappa shape index (κ3) is 3.44. The van der Waals surface area contributed by atoms with Crippen LogP contribution < -0.4 is 0 Å². The van der Waals surface area contributed by atoms with Gasteiger partial charge in [0.2, 0.25) is 5.89 Å². The molecule has 0 unspecified atom stereocenters. The van der Waals surface area contributed by atoms with Crippen LogP contribution in [0.3, 0.4) is 0 Å². The van der Waals surface area contributed by atoms with Gasteiger partial charge in [0.25, 0.3) is 0 Å². The zero-order chi connectivity index (χ0) is 17.1. The van der Waals surface area contributed by atoms with Gasteiger partial charge in [-0.3, -0.25) is 4.84 Å². The molecule has 134 valence electrons. The fourth-order valence-corrected chi connectivity index (χ4v) is 3.46. The summed E-state index contributed by atoms with van der Waals surface area (Å²) in [5.41, 5.74) is 0.495. The summed E-state index contributed by atoms with van der Waals surface area (Å²) in [6, 6.07) is 6.48. The zero-order valence-corrected chi connectivity index (χ0v) is 14.1. The van der Waals surface area contributed by atoms with Crippen molar-refractivity contribution in [3.8, 4) is 0 Å². The number of aromatic nitrogens is 2. The van der Waals surface area contributed by atoms with Crippen LogP contribution >= 0.6 is 0 Å². The number of nitrogens with zero attached hydrogens (tertiary/aromatic N) is 3. The van der Waals surface area contributed by atoms with Crippen molar-refractivity contribution in [2.45, 2.75) is 31.1 Å². The van der Waals surface area contributed by atoms with E-state index in [4.69, 9.17) is 14.1 Å². The highest BCUT2D eigenvalue weighted by atomic mass is 19.1. The van der Waals surface area contributed by atoms with Crippen molar-refractivity contribution in [2.24, 2.45) is 0 Å². The number of ether oxygens (including phenoxy) is 1. The van der Waals surface area contributed by atoms with E-state index in [0.29, 0.717) is 31.3 Å². The zero-order valence-electron chi connectivity index (χ0n) is 14.1. The van der Waals surface area contributed by atoms with Crippen LogP contribution in [0.15, 0.2) is 28.8 Å². The molecular formula is C18H22FN3O3. The highest BCUT2D eigenvalue weighted by molar-refractivity contribution is 5.34. The van der Waals surface area contributed by atoms with E-state index in [1.165, 1.54) is 12.1 Å². The maximum atomic E-state index is 13.3. The summed E-state index contributed by atoms with van der Waals surface area (Å²) < 4.78 is 24.4. The van der Waals surface area contributed by atoms with Crippen molar-refractivity contribution in [3.63, 3.8) is 0 Å². The lowest BCUT2D eigenvalue weighted by Gasteiger charge is -2.25. The lowest BCUT2D eigenvalue weighted by atomic mass is 9.79. The smallest absolute Gasteiger partial charge is 0.228 e. The number of benzene rings is 1. The molecule has 0 aliphatic carbocycles. The maximum Gasteiger partial charge on any atom is 0.228 e.